The van der Waals surface area contributed by atoms with Crippen LogP contribution >= 0.6 is 0 Å². The van der Waals surface area contributed by atoms with Gasteiger partial charge in [0, 0.05) is 5.92 Å². The Labute approximate surface area is 146 Å². The normalized spacial score (nSPS) is 17.1. The van der Waals surface area contributed by atoms with Crippen LogP contribution in [0.25, 0.3) is 11.6 Å². The van der Waals surface area contributed by atoms with Crippen molar-refractivity contribution < 1.29 is 9.26 Å². The van der Waals surface area contributed by atoms with Gasteiger partial charge in [0.25, 0.3) is 5.89 Å². The van der Waals surface area contributed by atoms with Crippen molar-refractivity contribution in [2.45, 2.75) is 52.9 Å². The van der Waals surface area contributed by atoms with Gasteiger partial charge in [-0.2, -0.15) is 4.98 Å². The molecule has 7 nitrogen and oxygen atoms in total. The van der Waals surface area contributed by atoms with Crippen LogP contribution in [0, 0.1) is 13.8 Å². The number of hydrogen-bond acceptors (Lipinski definition) is 6. The molecule has 0 aliphatic carbocycles. The quantitative estimate of drug-likeness (QED) is 0.728. The molecule has 1 aromatic carbocycles. The van der Waals surface area contributed by atoms with Gasteiger partial charge in [0.15, 0.2) is 11.5 Å². The van der Waals surface area contributed by atoms with Crippen LogP contribution in [0.1, 0.15) is 54.1 Å². The van der Waals surface area contributed by atoms with E-state index in [4.69, 9.17) is 9.26 Å². The molecule has 0 radical (unpaired) electrons. The Morgan fingerprint density at radius 1 is 1.24 bits per heavy atom. The zero-order valence-electron chi connectivity index (χ0n) is 14.9. The van der Waals surface area contributed by atoms with E-state index in [9.17, 15) is 0 Å². The van der Waals surface area contributed by atoms with Gasteiger partial charge in [0.1, 0.15) is 6.10 Å². The van der Waals surface area contributed by atoms with Gasteiger partial charge in [-0.25, -0.2) is 4.68 Å². The SMILES string of the molecule is Cc1ccc([C@@H]2Cn3nnc(-c4nc(C(C)C)no4)c3CO2)c(C)c1. The first-order chi connectivity index (χ1) is 12.0. The molecule has 0 bridgehead atoms. The Balaban J connectivity index is 1.62. The number of hydrogen-bond donors (Lipinski definition) is 0. The molecule has 0 fully saturated rings. The number of fused-ring (bicyclic) bond motifs is 1. The van der Waals surface area contributed by atoms with Gasteiger partial charge >= 0.3 is 0 Å². The molecule has 3 heterocycles. The third-order valence-electron chi connectivity index (χ3n) is 4.53. The number of rotatable bonds is 3. The maximum absolute atomic E-state index is 6.10. The molecule has 1 atom stereocenters. The molecule has 0 amide bonds. The summed E-state index contributed by atoms with van der Waals surface area (Å²) in [6.45, 7) is 9.29. The summed E-state index contributed by atoms with van der Waals surface area (Å²) >= 11 is 0. The highest BCUT2D eigenvalue weighted by Gasteiger charge is 2.28. The van der Waals surface area contributed by atoms with Gasteiger partial charge in [0.05, 0.1) is 18.8 Å². The second-order valence-electron chi connectivity index (χ2n) is 6.84. The summed E-state index contributed by atoms with van der Waals surface area (Å²) in [5.74, 6) is 1.27. The summed E-state index contributed by atoms with van der Waals surface area (Å²) in [4.78, 5) is 4.41. The van der Waals surface area contributed by atoms with E-state index in [0.717, 1.165) is 5.69 Å². The van der Waals surface area contributed by atoms with Crippen LogP contribution in [0.15, 0.2) is 22.7 Å². The molecule has 7 heteroatoms. The molecular weight excluding hydrogens is 318 g/mol. The lowest BCUT2D eigenvalue weighted by atomic mass is 10.0. The van der Waals surface area contributed by atoms with Gasteiger partial charge in [-0.1, -0.05) is 48.0 Å². The fourth-order valence-electron chi connectivity index (χ4n) is 3.12. The van der Waals surface area contributed by atoms with E-state index in [0.29, 0.717) is 30.6 Å². The lowest BCUT2D eigenvalue weighted by Gasteiger charge is -2.25. The van der Waals surface area contributed by atoms with E-state index in [2.05, 4.69) is 52.5 Å². The lowest BCUT2D eigenvalue weighted by Crippen LogP contribution is -2.22. The van der Waals surface area contributed by atoms with Gasteiger partial charge in [-0.3, -0.25) is 0 Å². The number of nitrogens with zero attached hydrogens (tertiary/aromatic N) is 5. The summed E-state index contributed by atoms with van der Waals surface area (Å²) in [5.41, 5.74) is 5.15. The van der Waals surface area contributed by atoms with Gasteiger partial charge in [-0.15, -0.1) is 5.10 Å². The van der Waals surface area contributed by atoms with E-state index in [-0.39, 0.29) is 12.0 Å². The maximum atomic E-state index is 6.10. The zero-order valence-corrected chi connectivity index (χ0v) is 14.9. The molecule has 2 aromatic heterocycles. The van der Waals surface area contributed by atoms with Crippen LogP contribution < -0.4 is 0 Å². The second kappa shape index (κ2) is 6.07. The lowest BCUT2D eigenvalue weighted by molar-refractivity contribution is -0.00153. The van der Waals surface area contributed by atoms with Crippen molar-refractivity contribution >= 4 is 0 Å². The Hall–Kier alpha value is -2.54. The smallest absolute Gasteiger partial charge is 0.280 e. The average Bonchev–Trinajstić information content (AvgIpc) is 3.20. The largest absolute Gasteiger partial charge is 0.365 e. The Bertz CT molecular complexity index is 912. The second-order valence-corrected chi connectivity index (χ2v) is 6.84. The van der Waals surface area contributed by atoms with Crippen LogP contribution in [-0.2, 0) is 17.9 Å². The summed E-state index contributed by atoms with van der Waals surface area (Å²) < 4.78 is 13.3. The minimum absolute atomic E-state index is 0.0310. The minimum atomic E-state index is -0.0310. The highest BCUT2D eigenvalue weighted by Crippen LogP contribution is 2.32. The molecule has 1 aliphatic heterocycles. The average molecular weight is 339 g/mol. The van der Waals surface area contributed by atoms with Crippen LogP contribution in [0.3, 0.4) is 0 Å². The summed E-state index contributed by atoms with van der Waals surface area (Å²) in [7, 11) is 0. The number of benzene rings is 1. The van der Waals surface area contributed by atoms with E-state index in [1.165, 1.54) is 16.7 Å². The van der Waals surface area contributed by atoms with Crippen molar-refractivity contribution in [2.75, 3.05) is 0 Å². The third-order valence-corrected chi connectivity index (χ3v) is 4.53. The first kappa shape index (κ1) is 16.0. The molecule has 0 saturated heterocycles. The molecule has 0 spiro atoms. The predicted octanol–water partition coefficient (Wildman–Crippen LogP) is 3.34. The van der Waals surface area contributed by atoms with E-state index in [1.807, 2.05) is 18.5 Å². The number of aromatic nitrogens is 5. The zero-order chi connectivity index (χ0) is 17.6. The van der Waals surface area contributed by atoms with Crippen LogP contribution in [-0.4, -0.2) is 25.1 Å². The van der Waals surface area contributed by atoms with Crippen molar-refractivity contribution in [2.24, 2.45) is 0 Å². The third kappa shape index (κ3) is 2.84. The van der Waals surface area contributed by atoms with Gasteiger partial charge in [0.2, 0.25) is 0 Å². The molecule has 0 N–H and O–H groups in total. The van der Waals surface area contributed by atoms with Crippen LogP contribution in [0.4, 0.5) is 0 Å². The Morgan fingerprint density at radius 2 is 2.08 bits per heavy atom. The van der Waals surface area contributed by atoms with Crippen LogP contribution in [0.2, 0.25) is 0 Å². The summed E-state index contributed by atoms with van der Waals surface area (Å²) in [6, 6.07) is 6.41. The topological polar surface area (TPSA) is 78.9 Å². The molecule has 0 unspecified atom stereocenters. The minimum Gasteiger partial charge on any atom is -0.365 e. The highest BCUT2D eigenvalue weighted by molar-refractivity contribution is 5.50. The molecule has 3 aromatic rings. The van der Waals surface area contributed by atoms with Gasteiger partial charge in [-0.05, 0) is 25.0 Å². The molecule has 1 aliphatic rings. The van der Waals surface area contributed by atoms with E-state index < -0.39 is 0 Å². The standard InChI is InChI=1S/C18H21N5O2/c1-10(2)17-19-18(25-21-17)16-14-9-24-15(8-23(14)22-20-16)13-6-5-11(3)7-12(13)4/h5-7,10,15H,8-9H2,1-4H3/t15-/m0/s1. The predicted molar refractivity (Wildman–Crippen MR) is 90.8 cm³/mol. The van der Waals surface area contributed by atoms with E-state index in [1.54, 1.807) is 0 Å². The molecular formula is C18H21N5O2. The van der Waals surface area contributed by atoms with Crippen LogP contribution in [0.5, 0.6) is 0 Å². The molecule has 25 heavy (non-hydrogen) atoms. The number of aryl methyl sites for hydroxylation is 2. The van der Waals surface area contributed by atoms with Crippen molar-refractivity contribution in [1.29, 1.82) is 0 Å². The highest BCUT2D eigenvalue weighted by atomic mass is 16.5. The van der Waals surface area contributed by atoms with Gasteiger partial charge < -0.3 is 9.26 Å². The fourth-order valence-corrected chi connectivity index (χ4v) is 3.12. The first-order valence-corrected chi connectivity index (χ1v) is 8.48. The first-order valence-electron chi connectivity index (χ1n) is 8.48. The summed E-state index contributed by atoms with van der Waals surface area (Å²) in [5, 5.41) is 12.5. The summed E-state index contributed by atoms with van der Waals surface area (Å²) in [6.07, 6.45) is -0.0310. The molecule has 4 rings (SSSR count). The monoisotopic (exact) mass is 339 g/mol. The molecule has 130 valence electrons. The van der Waals surface area contributed by atoms with Crippen molar-refractivity contribution in [1.82, 2.24) is 25.1 Å². The molecule has 0 saturated carbocycles. The van der Waals surface area contributed by atoms with E-state index >= 15 is 0 Å². The fraction of sp³-hybridized carbons (Fsp3) is 0.444. The maximum Gasteiger partial charge on any atom is 0.280 e. The van der Waals surface area contributed by atoms with Crippen molar-refractivity contribution in [3.63, 3.8) is 0 Å². The number of ether oxygens (including phenoxy) is 1. The Morgan fingerprint density at radius 3 is 2.80 bits per heavy atom. The van der Waals surface area contributed by atoms with Crippen molar-refractivity contribution in [3.8, 4) is 11.6 Å². The Kier molecular flexibility index (Phi) is 3.88. The van der Waals surface area contributed by atoms with Crippen molar-refractivity contribution in [3.05, 3.63) is 46.4 Å².